The number of carbonyl (C=O) groups is 1. The fourth-order valence-electron chi connectivity index (χ4n) is 3.07. The van der Waals surface area contributed by atoms with Gasteiger partial charge in [-0.1, -0.05) is 0 Å². The SMILES string of the molecule is O=C(/C=C/c1nccs1)OCc1nn(-c2ccc(F)cc2)c2c1CCC2. The monoisotopic (exact) mass is 369 g/mol. The Kier molecular flexibility index (Phi) is 4.62. The van der Waals surface area contributed by atoms with E-state index in [0.29, 0.717) is 0 Å². The summed E-state index contributed by atoms with van der Waals surface area (Å²) in [7, 11) is 0. The molecule has 5 nitrogen and oxygen atoms in total. The summed E-state index contributed by atoms with van der Waals surface area (Å²) < 4.78 is 20.3. The third-order valence-electron chi connectivity index (χ3n) is 4.25. The van der Waals surface area contributed by atoms with Crippen LogP contribution in [0.5, 0.6) is 0 Å². The Balaban J connectivity index is 1.50. The fraction of sp³-hybridized carbons (Fsp3) is 0.211. The molecule has 0 saturated carbocycles. The van der Waals surface area contributed by atoms with Crippen molar-refractivity contribution in [3.8, 4) is 5.69 Å². The molecule has 1 aromatic carbocycles. The summed E-state index contributed by atoms with van der Waals surface area (Å²) in [5.74, 6) is -0.706. The molecule has 0 unspecified atom stereocenters. The molecule has 0 atom stereocenters. The number of aromatic nitrogens is 3. The molecule has 2 aromatic heterocycles. The number of hydrogen-bond donors (Lipinski definition) is 0. The minimum atomic E-state index is -0.428. The Labute approximate surface area is 153 Å². The van der Waals surface area contributed by atoms with Crippen molar-refractivity contribution in [2.24, 2.45) is 0 Å². The first-order chi connectivity index (χ1) is 12.7. The van der Waals surface area contributed by atoms with Gasteiger partial charge in [0.1, 0.15) is 23.1 Å². The van der Waals surface area contributed by atoms with E-state index in [1.54, 1.807) is 24.4 Å². The van der Waals surface area contributed by atoms with Crippen LogP contribution in [-0.2, 0) is 29.0 Å². The second-order valence-electron chi connectivity index (χ2n) is 5.93. The number of esters is 1. The highest BCUT2D eigenvalue weighted by Gasteiger charge is 2.23. The molecular weight excluding hydrogens is 353 g/mol. The van der Waals surface area contributed by atoms with Crippen LogP contribution in [0.2, 0.25) is 0 Å². The van der Waals surface area contributed by atoms with Crippen LogP contribution in [-0.4, -0.2) is 20.7 Å². The third kappa shape index (κ3) is 3.43. The first kappa shape index (κ1) is 16.7. The molecular formula is C19H16FN3O2S. The van der Waals surface area contributed by atoms with E-state index < -0.39 is 5.97 Å². The number of rotatable bonds is 5. The lowest BCUT2D eigenvalue weighted by Gasteiger charge is -2.05. The largest absolute Gasteiger partial charge is 0.456 e. The maximum atomic E-state index is 13.2. The van der Waals surface area contributed by atoms with Crippen molar-refractivity contribution < 1.29 is 13.9 Å². The molecule has 0 spiro atoms. The van der Waals surface area contributed by atoms with Crippen molar-refractivity contribution in [1.29, 1.82) is 0 Å². The van der Waals surface area contributed by atoms with Gasteiger partial charge in [-0.2, -0.15) is 5.10 Å². The number of carbonyl (C=O) groups excluding carboxylic acids is 1. The molecule has 0 radical (unpaired) electrons. The van der Waals surface area contributed by atoms with Gasteiger partial charge in [0.25, 0.3) is 0 Å². The average Bonchev–Trinajstić information content (AvgIpc) is 3.37. The predicted molar refractivity (Wildman–Crippen MR) is 96.5 cm³/mol. The molecule has 0 fully saturated rings. The van der Waals surface area contributed by atoms with E-state index in [4.69, 9.17) is 4.74 Å². The van der Waals surface area contributed by atoms with Crippen molar-refractivity contribution in [2.45, 2.75) is 25.9 Å². The van der Waals surface area contributed by atoms with Crippen LogP contribution in [0.25, 0.3) is 11.8 Å². The number of benzene rings is 1. The Morgan fingerprint density at radius 1 is 1.31 bits per heavy atom. The molecule has 0 amide bonds. The standard InChI is InChI=1S/C19H16FN3O2S/c20-13-4-6-14(7-5-13)23-17-3-1-2-15(17)16(22-23)12-25-19(24)9-8-18-21-10-11-26-18/h4-11H,1-3,12H2/b9-8+. The molecule has 132 valence electrons. The summed E-state index contributed by atoms with van der Waals surface area (Å²) in [6.45, 7) is 0.123. The van der Waals surface area contributed by atoms with Gasteiger partial charge in [0, 0.05) is 28.9 Å². The van der Waals surface area contributed by atoms with Crippen molar-refractivity contribution >= 4 is 23.4 Å². The maximum Gasteiger partial charge on any atom is 0.331 e. The van der Waals surface area contributed by atoms with E-state index in [-0.39, 0.29) is 12.4 Å². The van der Waals surface area contributed by atoms with Crippen LogP contribution < -0.4 is 0 Å². The van der Waals surface area contributed by atoms with Gasteiger partial charge < -0.3 is 4.74 Å². The highest BCUT2D eigenvalue weighted by atomic mass is 32.1. The number of hydrogen-bond acceptors (Lipinski definition) is 5. The topological polar surface area (TPSA) is 57.0 Å². The second kappa shape index (κ2) is 7.21. The lowest BCUT2D eigenvalue weighted by atomic mass is 10.2. The second-order valence-corrected chi connectivity index (χ2v) is 6.85. The van der Waals surface area contributed by atoms with E-state index in [1.165, 1.54) is 29.5 Å². The van der Waals surface area contributed by atoms with Gasteiger partial charge in [-0.3, -0.25) is 0 Å². The summed E-state index contributed by atoms with van der Waals surface area (Å²) in [4.78, 5) is 16.0. The minimum absolute atomic E-state index is 0.123. The molecule has 4 rings (SSSR count). The van der Waals surface area contributed by atoms with E-state index >= 15 is 0 Å². The van der Waals surface area contributed by atoms with Crippen LogP contribution in [0.4, 0.5) is 4.39 Å². The highest BCUT2D eigenvalue weighted by Crippen LogP contribution is 2.28. The molecule has 7 heteroatoms. The Morgan fingerprint density at radius 2 is 2.15 bits per heavy atom. The van der Waals surface area contributed by atoms with Gasteiger partial charge in [0.05, 0.1) is 5.69 Å². The van der Waals surface area contributed by atoms with Gasteiger partial charge in [0.15, 0.2) is 0 Å². The fourth-order valence-corrected chi connectivity index (χ4v) is 3.60. The summed E-state index contributed by atoms with van der Waals surface area (Å²) in [6, 6.07) is 6.24. The van der Waals surface area contributed by atoms with Crippen LogP contribution in [0.3, 0.4) is 0 Å². The van der Waals surface area contributed by atoms with Crippen LogP contribution in [0, 0.1) is 5.82 Å². The smallest absolute Gasteiger partial charge is 0.331 e. The number of halogens is 1. The van der Waals surface area contributed by atoms with E-state index in [9.17, 15) is 9.18 Å². The number of fused-ring (bicyclic) bond motifs is 1. The molecule has 0 bridgehead atoms. The maximum absolute atomic E-state index is 13.2. The first-order valence-electron chi connectivity index (χ1n) is 8.30. The molecule has 0 N–H and O–H groups in total. The zero-order valence-electron chi connectivity index (χ0n) is 13.9. The quantitative estimate of drug-likeness (QED) is 0.508. The normalized spacial score (nSPS) is 13.3. The molecule has 3 aromatic rings. The van der Waals surface area contributed by atoms with E-state index in [2.05, 4.69) is 10.1 Å². The molecule has 26 heavy (non-hydrogen) atoms. The van der Waals surface area contributed by atoms with Crippen LogP contribution in [0.1, 0.15) is 28.4 Å². The predicted octanol–water partition coefficient (Wildman–Crippen LogP) is 3.71. The van der Waals surface area contributed by atoms with Gasteiger partial charge >= 0.3 is 5.97 Å². The van der Waals surface area contributed by atoms with Gasteiger partial charge in [0.2, 0.25) is 0 Å². The zero-order valence-corrected chi connectivity index (χ0v) is 14.7. The molecule has 0 aliphatic heterocycles. The van der Waals surface area contributed by atoms with Crippen molar-refractivity contribution in [1.82, 2.24) is 14.8 Å². The van der Waals surface area contributed by atoms with Crippen molar-refractivity contribution in [3.05, 3.63) is 69.7 Å². The number of nitrogens with zero attached hydrogens (tertiary/aromatic N) is 3. The van der Waals surface area contributed by atoms with Crippen LogP contribution in [0.15, 0.2) is 41.9 Å². The van der Waals surface area contributed by atoms with E-state index in [1.807, 2.05) is 10.1 Å². The summed E-state index contributed by atoms with van der Waals surface area (Å²) in [5, 5.41) is 7.19. The Morgan fingerprint density at radius 3 is 2.92 bits per heavy atom. The molecule has 0 saturated heterocycles. The highest BCUT2D eigenvalue weighted by molar-refractivity contribution is 7.10. The lowest BCUT2D eigenvalue weighted by molar-refractivity contribution is -0.139. The zero-order chi connectivity index (χ0) is 17.9. The van der Waals surface area contributed by atoms with E-state index in [0.717, 1.165) is 46.9 Å². The van der Waals surface area contributed by atoms with Crippen molar-refractivity contribution in [3.63, 3.8) is 0 Å². The Bertz CT molecular complexity index is 946. The van der Waals surface area contributed by atoms with Crippen molar-refractivity contribution in [2.75, 3.05) is 0 Å². The van der Waals surface area contributed by atoms with Gasteiger partial charge in [-0.15, -0.1) is 11.3 Å². The first-order valence-corrected chi connectivity index (χ1v) is 9.18. The number of ether oxygens (including phenoxy) is 1. The molecule has 1 aliphatic carbocycles. The molecule has 2 heterocycles. The summed E-state index contributed by atoms with van der Waals surface area (Å²) in [5.41, 5.74) is 3.82. The number of thiazole rings is 1. The molecule has 1 aliphatic rings. The lowest BCUT2D eigenvalue weighted by Crippen LogP contribution is -2.04. The Hall–Kier alpha value is -2.80. The summed E-state index contributed by atoms with van der Waals surface area (Å²) in [6.07, 6.45) is 7.56. The van der Waals surface area contributed by atoms with Crippen LogP contribution >= 0.6 is 11.3 Å². The third-order valence-corrected chi connectivity index (χ3v) is 4.99. The minimum Gasteiger partial charge on any atom is -0.456 e. The van der Waals surface area contributed by atoms with Gasteiger partial charge in [-0.05, 0) is 49.6 Å². The summed E-state index contributed by atoms with van der Waals surface area (Å²) >= 11 is 1.45. The van der Waals surface area contributed by atoms with Gasteiger partial charge in [-0.25, -0.2) is 18.9 Å². The average molecular weight is 369 g/mol.